The molecule has 0 bridgehead atoms. The van der Waals surface area contributed by atoms with E-state index in [9.17, 15) is 14.4 Å². The lowest BCUT2D eigenvalue weighted by Gasteiger charge is -2.03. The SMILES string of the molecule is CC(=O)Nc1ccc(/C=C(/C(C)=O)C(N)=O)cc1. The quantitative estimate of drug-likeness (QED) is 0.473. The predicted molar refractivity (Wildman–Crippen MR) is 68.6 cm³/mol. The van der Waals surface area contributed by atoms with Crippen LogP contribution in [0, 0.1) is 0 Å². The van der Waals surface area contributed by atoms with Crippen molar-refractivity contribution in [2.24, 2.45) is 5.73 Å². The molecule has 5 heteroatoms. The van der Waals surface area contributed by atoms with E-state index in [4.69, 9.17) is 5.73 Å². The molecular weight excluding hydrogens is 232 g/mol. The van der Waals surface area contributed by atoms with Crippen molar-refractivity contribution in [2.45, 2.75) is 13.8 Å². The molecule has 5 nitrogen and oxygen atoms in total. The number of ketones is 1. The molecule has 0 radical (unpaired) electrons. The van der Waals surface area contributed by atoms with Crippen LogP contribution in [0.25, 0.3) is 6.08 Å². The largest absolute Gasteiger partial charge is 0.365 e. The Kier molecular flexibility index (Phi) is 4.37. The highest BCUT2D eigenvalue weighted by molar-refractivity contribution is 6.21. The van der Waals surface area contributed by atoms with Crippen molar-refractivity contribution in [1.82, 2.24) is 0 Å². The number of rotatable bonds is 4. The Balaban J connectivity index is 2.98. The number of hydrogen-bond acceptors (Lipinski definition) is 3. The minimum absolute atomic E-state index is 0.0534. The summed E-state index contributed by atoms with van der Waals surface area (Å²) in [5.41, 5.74) is 6.34. The molecule has 0 saturated carbocycles. The van der Waals surface area contributed by atoms with Crippen molar-refractivity contribution >= 4 is 29.4 Å². The number of Topliss-reactive ketones (excluding diaryl/α,β-unsaturated/α-hetero) is 1. The molecule has 18 heavy (non-hydrogen) atoms. The van der Waals surface area contributed by atoms with Gasteiger partial charge in [0.05, 0.1) is 5.57 Å². The van der Waals surface area contributed by atoms with E-state index in [-0.39, 0.29) is 17.3 Å². The number of carbonyl (C=O) groups excluding carboxylic acids is 3. The Labute approximate surface area is 105 Å². The number of hydrogen-bond donors (Lipinski definition) is 2. The van der Waals surface area contributed by atoms with Gasteiger partial charge in [-0.1, -0.05) is 12.1 Å². The lowest BCUT2D eigenvalue weighted by Crippen LogP contribution is -2.18. The molecule has 0 aliphatic rings. The van der Waals surface area contributed by atoms with Gasteiger partial charge in [0.2, 0.25) is 5.91 Å². The van der Waals surface area contributed by atoms with Gasteiger partial charge in [-0.05, 0) is 30.7 Å². The third-order valence-corrected chi connectivity index (χ3v) is 2.19. The van der Waals surface area contributed by atoms with Crippen molar-refractivity contribution in [1.29, 1.82) is 0 Å². The fourth-order valence-electron chi connectivity index (χ4n) is 1.38. The molecule has 1 aromatic carbocycles. The topological polar surface area (TPSA) is 89.3 Å². The lowest BCUT2D eigenvalue weighted by molar-refractivity contribution is -0.119. The van der Waals surface area contributed by atoms with Gasteiger partial charge in [-0.25, -0.2) is 0 Å². The Morgan fingerprint density at radius 2 is 1.67 bits per heavy atom. The first-order valence-electron chi connectivity index (χ1n) is 5.30. The summed E-state index contributed by atoms with van der Waals surface area (Å²) in [7, 11) is 0. The second-order valence-electron chi connectivity index (χ2n) is 3.78. The Morgan fingerprint density at radius 3 is 2.06 bits per heavy atom. The van der Waals surface area contributed by atoms with Crippen molar-refractivity contribution in [2.75, 3.05) is 5.32 Å². The van der Waals surface area contributed by atoms with Gasteiger partial charge in [0.1, 0.15) is 0 Å². The zero-order valence-electron chi connectivity index (χ0n) is 10.2. The molecule has 94 valence electrons. The number of primary amides is 1. The van der Waals surface area contributed by atoms with Crippen LogP contribution in [-0.4, -0.2) is 17.6 Å². The van der Waals surface area contributed by atoms with E-state index in [1.54, 1.807) is 24.3 Å². The van der Waals surface area contributed by atoms with Gasteiger partial charge in [-0.3, -0.25) is 14.4 Å². The van der Waals surface area contributed by atoms with Crippen molar-refractivity contribution < 1.29 is 14.4 Å². The van der Waals surface area contributed by atoms with Gasteiger partial charge in [0, 0.05) is 12.6 Å². The highest BCUT2D eigenvalue weighted by Gasteiger charge is 2.10. The van der Waals surface area contributed by atoms with Crippen LogP contribution in [0.1, 0.15) is 19.4 Å². The third kappa shape index (κ3) is 3.86. The summed E-state index contributed by atoms with van der Waals surface area (Å²) in [5.74, 6) is -1.30. The second kappa shape index (κ2) is 5.77. The predicted octanol–water partition coefficient (Wildman–Crippen LogP) is 1.10. The fraction of sp³-hybridized carbons (Fsp3) is 0.154. The van der Waals surface area contributed by atoms with Gasteiger partial charge in [0.25, 0.3) is 5.91 Å². The molecule has 0 unspecified atom stereocenters. The third-order valence-electron chi connectivity index (χ3n) is 2.19. The van der Waals surface area contributed by atoms with Gasteiger partial charge in [-0.15, -0.1) is 0 Å². The molecule has 0 heterocycles. The van der Waals surface area contributed by atoms with Gasteiger partial charge >= 0.3 is 0 Å². The van der Waals surface area contributed by atoms with E-state index < -0.39 is 5.91 Å². The summed E-state index contributed by atoms with van der Waals surface area (Å²) >= 11 is 0. The lowest BCUT2D eigenvalue weighted by atomic mass is 10.1. The average Bonchev–Trinajstić information content (AvgIpc) is 2.26. The standard InChI is InChI=1S/C13H14N2O3/c1-8(16)12(13(14)18)7-10-3-5-11(6-4-10)15-9(2)17/h3-7H,1-2H3,(H2,14,18)(H,15,17)/b12-7-. The molecule has 0 aliphatic heterocycles. The van der Waals surface area contributed by atoms with Crippen LogP contribution in [0.2, 0.25) is 0 Å². The molecule has 1 aromatic rings. The number of nitrogens with one attached hydrogen (secondary N) is 1. The maximum absolute atomic E-state index is 11.2. The summed E-state index contributed by atoms with van der Waals surface area (Å²) in [4.78, 5) is 33.0. The number of carbonyl (C=O) groups is 3. The number of nitrogens with two attached hydrogens (primary N) is 1. The average molecular weight is 246 g/mol. The van der Waals surface area contributed by atoms with Crippen LogP contribution >= 0.6 is 0 Å². The molecule has 0 aromatic heterocycles. The molecule has 0 fully saturated rings. The molecule has 0 aliphatic carbocycles. The summed E-state index contributed by atoms with van der Waals surface area (Å²) in [5, 5.41) is 2.61. The van der Waals surface area contributed by atoms with Gasteiger partial charge in [0.15, 0.2) is 5.78 Å². The molecular formula is C13H14N2O3. The highest BCUT2D eigenvalue weighted by Crippen LogP contribution is 2.13. The second-order valence-corrected chi connectivity index (χ2v) is 3.78. The van der Waals surface area contributed by atoms with E-state index in [0.29, 0.717) is 11.3 Å². The number of amides is 2. The van der Waals surface area contributed by atoms with Crippen LogP contribution in [-0.2, 0) is 14.4 Å². The number of anilines is 1. The fourth-order valence-corrected chi connectivity index (χ4v) is 1.38. The Morgan fingerprint density at radius 1 is 1.11 bits per heavy atom. The first-order chi connectivity index (χ1) is 8.40. The Hall–Kier alpha value is -2.43. The first-order valence-corrected chi connectivity index (χ1v) is 5.30. The monoisotopic (exact) mass is 246 g/mol. The van der Waals surface area contributed by atoms with Crippen LogP contribution in [0.5, 0.6) is 0 Å². The van der Waals surface area contributed by atoms with Crippen LogP contribution in [0.3, 0.4) is 0 Å². The minimum Gasteiger partial charge on any atom is -0.365 e. The maximum atomic E-state index is 11.2. The van der Waals surface area contributed by atoms with Crippen LogP contribution in [0.15, 0.2) is 29.8 Å². The molecule has 0 saturated heterocycles. The van der Waals surface area contributed by atoms with Gasteiger partial charge < -0.3 is 11.1 Å². The van der Waals surface area contributed by atoms with Crippen molar-refractivity contribution in [3.8, 4) is 0 Å². The van der Waals surface area contributed by atoms with E-state index in [1.807, 2.05) is 0 Å². The van der Waals surface area contributed by atoms with E-state index in [1.165, 1.54) is 19.9 Å². The molecule has 3 N–H and O–H groups in total. The van der Waals surface area contributed by atoms with E-state index >= 15 is 0 Å². The molecule has 2 amide bonds. The smallest absolute Gasteiger partial charge is 0.252 e. The van der Waals surface area contributed by atoms with Gasteiger partial charge in [-0.2, -0.15) is 0 Å². The first kappa shape index (κ1) is 13.6. The minimum atomic E-state index is -0.756. The molecule has 1 rings (SSSR count). The van der Waals surface area contributed by atoms with Crippen LogP contribution < -0.4 is 11.1 Å². The zero-order valence-corrected chi connectivity index (χ0v) is 10.2. The summed E-state index contributed by atoms with van der Waals surface area (Å²) in [6.45, 7) is 2.69. The summed E-state index contributed by atoms with van der Waals surface area (Å²) in [6, 6.07) is 6.70. The summed E-state index contributed by atoms with van der Waals surface area (Å²) < 4.78 is 0. The van der Waals surface area contributed by atoms with Crippen molar-refractivity contribution in [3.05, 3.63) is 35.4 Å². The van der Waals surface area contributed by atoms with Crippen molar-refractivity contribution in [3.63, 3.8) is 0 Å². The normalized spacial score (nSPS) is 10.9. The Bertz CT molecular complexity index is 500. The maximum Gasteiger partial charge on any atom is 0.252 e. The van der Waals surface area contributed by atoms with E-state index in [2.05, 4.69) is 5.32 Å². The zero-order chi connectivity index (χ0) is 13.7. The summed E-state index contributed by atoms with van der Waals surface area (Å²) in [6.07, 6.45) is 1.42. The molecule has 0 atom stereocenters. The number of benzene rings is 1. The molecule has 0 spiro atoms. The van der Waals surface area contributed by atoms with E-state index in [0.717, 1.165) is 0 Å². The highest BCUT2D eigenvalue weighted by atomic mass is 16.2. The van der Waals surface area contributed by atoms with Crippen LogP contribution in [0.4, 0.5) is 5.69 Å².